The molecule has 0 spiro atoms. The van der Waals surface area contributed by atoms with E-state index in [0.29, 0.717) is 0 Å². The third kappa shape index (κ3) is 3.56. The zero-order valence-corrected chi connectivity index (χ0v) is 15.1. The van der Waals surface area contributed by atoms with Gasteiger partial charge in [0.15, 0.2) is 0 Å². The Morgan fingerprint density at radius 3 is 2.62 bits per heavy atom. The van der Waals surface area contributed by atoms with Crippen molar-refractivity contribution in [2.24, 2.45) is 0 Å². The van der Waals surface area contributed by atoms with Gasteiger partial charge in [0.1, 0.15) is 0 Å². The van der Waals surface area contributed by atoms with Crippen LogP contribution in [-0.2, 0) is 16.6 Å². The number of hydrogen-bond donors (Lipinski definition) is 1. The van der Waals surface area contributed by atoms with E-state index in [9.17, 15) is 8.42 Å². The minimum atomic E-state index is -3.56. The SMILES string of the molecule is Cc1ccc(S(=O)(=O)NCc2cccnc2-c2cccs2)cc1C. The van der Waals surface area contributed by atoms with E-state index in [2.05, 4.69) is 9.71 Å². The molecule has 6 heteroatoms. The summed E-state index contributed by atoms with van der Waals surface area (Å²) in [6, 6.07) is 12.8. The normalized spacial score (nSPS) is 11.6. The van der Waals surface area contributed by atoms with E-state index >= 15 is 0 Å². The van der Waals surface area contributed by atoms with Gasteiger partial charge in [-0.1, -0.05) is 18.2 Å². The number of aryl methyl sites for hydroxylation is 2. The molecule has 0 radical (unpaired) electrons. The first-order valence-corrected chi connectivity index (χ1v) is 9.88. The molecule has 0 fully saturated rings. The van der Waals surface area contributed by atoms with E-state index in [0.717, 1.165) is 27.3 Å². The lowest BCUT2D eigenvalue weighted by atomic mass is 10.1. The topological polar surface area (TPSA) is 59.1 Å². The summed E-state index contributed by atoms with van der Waals surface area (Å²) in [7, 11) is -3.56. The number of rotatable bonds is 5. The lowest BCUT2D eigenvalue weighted by molar-refractivity contribution is 0.581. The van der Waals surface area contributed by atoms with Crippen molar-refractivity contribution >= 4 is 21.4 Å². The molecule has 0 atom stereocenters. The Kier molecular flexibility index (Phi) is 4.80. The number of aromatic nitrogens is 1. The molecule has 1 aromatic carbocycles. The summed E-state index contributed by atoms with van der Waals surface area (Å²) in [5, 5.41) is 1.98. The fraction of sp³-hybridized carbons (Fsp3) is 0.167. The van der Waals surface area contributed by atoms with Gasteiger partial charge in [-0.3, -0.25) is 4.98 Å². The van der Waals surface area contributed by atoms with Crippen molar-refractivity contribution in [2.75, 3.05) is 0 Å². The van der Waals surface area contributed by atoms with Gasteiger partial charge in [0, 0.05) is 12.7 Å². The van der Waals surface area contributed by atoms with Crippen LogP contribution in [0.25, 0.3) is 10.6 Å². The largest absolute Gasteiger partial charge is 0.255 e. The number of benzene rings is 1. The van der Waals surface area contributed by atoms with Crippen LogP contribution >= 0.6 is 11.3 Å². The maximum Gasteiger partial charge on any atom is 0.240 e. The Bertz CT molecular complexity index is 949. The molecular weight excluding hydrogens is 340 g/mol. The van der Waals surface area contributed by atoms with Crippen LogP contribution in [0.1, 0.15) is 16.7 Å². The van der Waals surface area contributed by atoms with Gasteiger partial charge in [0.05, 0.1) is 15.5 Å². The molecule has 0 aliphatic heterocycles. The summed E-state index contributed by atoms with van der Waals surface area (Å²) in [5.41, 5.74) is 3.70. The van der Waals surface area contributed by atoms with Crippen molar-refractivity contribution < 1.29 is 8.42 Å². The highest BCUT2D eigenvalue weighted by molar-refractivity contribution is 7.89. The Labute approximate surface area is 146 Å². The second-order valence-electron chi connectivity index (χ2n) is 5.56. The number of pyridine rings is 1. The predicted octanol–water partition coefficient (Wildman–Crippen LogP) is 3.91. The molecule has 0 saturated heterocycles. The van der Waals surface area contributed by atoms with E-state index in [1.165, 1.54) is 0 Å². The van der Waals surface area contributed by atoms with Gasteiger partial charge < -0.3 is 0 Å². The summed E-state index contributed by atoms with van der Waals surface area (Å²) in [4.78, 5) is 5.70. The first kappa shape index (κ1) is 16.8. The van der Waals surface area contributed by atoms with E-state index in [1.54, 1.807) is 29.7 Å². The minimum absolute atomic E-state index is 0.205. The molecule has 0 amide bonds. The first-order chi connectivity index (χ1) is 11.5. The number of hydrogen-bond acceptors (Lipinski definition) is 4. The van der Waals surface area contributed by atoms with E-state index in [-0.39, 0.29) is 11.4 Å². The quantitative estimate of drug-likeness (QED) is 0.752. The van der Waals surface area contributed by atoms with Crippen LogP contribution in [0.5, 0.6) is 0 Å². The minimum Gasteiger partial charge on any atom is -0.255 e. The van der Waals surface area contributed by atoms with Crippen molar-refractivity contribution in [3.63, 3.8) is 0 Å². The Morgan fingerprint density at radius 2 is 1.92 bits per heavy atom. The molecule has 0 bridgehead atoms. The van der Waals surface area contributed by atoms with Gasteiger partial charge in [0.25, 0.3) is 0 Å². The van der Waals surface area contributed by atoms with Crippen LogP contribution in [-0.4, -0.2) is 13.4 Å². The Balaban J connectivity index is 1.84. The monoisotopic (exact) mass is 358 g/mol. The lowest BCUT2D eigenvalue weighted by Crippen LogP contribution is -2.23. The summed E-state index contributed by atoms with van der Waals surface area (Å²) in [5.74, 6) is 0. The maximum absolute atomic E-state index is 12.5. The molecule has 0 aliphatic carbocycles. The van der Waals surface area contributed by atoms with Crippen molar-refractivity contribution in [2.45, 2.75) is 25.3 Å². The molecule has 24 heavy (non-hydrogen) atoms. The van der Waals surface area contributed by atoms with Crippen molar-refractivity contribution in [3.8, 4) is 10.6 Å². The number of nitrogens with one attached hydrogen (secondary N) is 1. The van der Waals surface area contributed by atoms with E-state index in [4.69, 9.17) is 0 Å². The van der Waals surface area contributed by atoms with Crippen molar-refractivity contribution in [1.82, 2.24) is 9.71 Å². The Morgan fingerprint density at radius 1 is 1.08 bits per heavy atom. The molecule has 0 unspecified atom stereocenters. The summed E-state index contributed by atoms with van der Waals surface area (Å²) >= 11 is 1.58. The molecule has 124 valence electrons. The number of nitrogens with zero attached hydrogens (tertiary/aromatic N) is 1. The van der Waals surface area contributed by atoms with Crippen LogP contribution in [0.3, 0.4) is 0 Å². The second-order valence-corrected chi connectivity index (χ2v) is 8.27. The summed E-state index contributed by atoms with van der Waals surface area (Å²) in [6.07, 6.45) is 1.72. The van der Waals surface area contributed by atoms with Gasteiger partial charge in [-0.25, -0.2) is 13.1 Å². The first-order valence-electron chi connectivity index (χ1n) is 7.52. The highest BCUT2D eigenvalue weighted by atomic mass is 32.2. The fourth-order valence-corrected chi connectivity index (χ4v) is 4.20. The molecule has 3 aromatic rings. The van der Waals surface area contributed by atoms with Gasteiger partial charge >= 0.3 is 0 Å². The third-order valence-corrected chi connectivity index (χ3v) is 6.16. The van der Waals surface area contributed by atoms with Crippen molar-refractivity contribution in [1.29, 1.82) is 0 Å². The van der Waals surface area contributed by atoms with Crippen LogP contribution in [0, 0.1) is 13.8 Å². The van der Waals surface area contributed by atoms with Gasteiger partial charge in [-0.05, 0) is 60.2 Å². The molecule has 0 saturated carbocycles. The average molecular weight is 358 g/mol. The van der Waals surface area contributed by atoms with Crippen LogP contribution in [0.2, 0.25) is 0 Å². The third-order valence-electron chi connectivity index (χ3n) is 3.89. The van der Waals surface area contributed by atoms with Gasteiger partial charge in [-0.15, -0.1) is 11.3 Å². The van der Waals surface area contributed by atoms with Gasteiger partial charge in [0.2, 0.25) is 10.0 Å². The molecular formula is C18H18N2O2S2. The van der Waals surface area contributed by atoms with E-state index in [1.807, 2.05) is 49.6 Å². The molecule has 2 heterocycles. The molecule has 4 nitrogen and oxygen atoms in total. The molecule has 2 aromatic heterocycles. The van der Waals surface area contributed by atoms with Gasteiger partial charge in [-0.2, -0.15) is 0 Å². The number of sulfonamides is 1. The van der Waals surface area contributed by atoms with Crippen LogP contribution in [0.15, 0.2) is 58.9 Å². The summed E-state index contributed by atoms with van der Waals surface area (Å²) < 4.78 is 27.8. The predicted molar refractivity (Wildman–Crippen MR) is 97.5 cm³/mol. The number of thiophene rings is 1. The highest BCUT2D eigenvalue weighted by Crippen LogP contribution is 2.26. The standard InChI is InChI=1S/C18H18N2O2S2/c1-13-7-8-16(11-14(13)2)24(21,22)20-12-15-5-3-9-19-18(15)17-6-4-10-23-17/h3-11,20H,12H2,1-2H3. The second kappa shape index (κ2) is 6.84. The Hall–Kier alpha value is -2.02. The zero-order chi connectivity index (χ0) is 17.2. The van der Waals surface area contributed by atoms with Crippen LogP contribution < -0.4 is 4.72 Å². The molecule has 1 N–H and O–H groups in total. The van der Waals surface area contributed by atoms with E-state index < -0.39 is 10.0 Å². The van der Waals surface area contributed by atoms with Crippen molar-refractivity contribution in [3.05, 3.63) is 70.7 Å². The lowest BCUT2D eigenvalue weighted by Gasteiger charge is -2.10. The van der Waals surface area contributed by atoms with Crippen LogP contribution in [0.4, 0.5) is 0 Å². The summed E-state index contributed by atoms with van der Waals surface area (Å²) in [6.45, 7) is 4.07. The smallest absolute Gasteiger partial charge is 0.240 e. The molecule has 0 aliphatic rings. The fourth-order valence-electron chi connectivity index (χ4n) is 2.35. The highest BCUT2D eigenvalue weighted by Gasteiger charge is 2.16. The molecule has 3 rings (SSSR count). The zero-order valence-electron chi connectivity index (χ0n) is 13.5. The average Bonchev–Trinajstić information content (AvgIpc) is 3.10. The maximum atomic E-state index is 12.5.